The van der Waals surface area contributed by atoms with E-state index >= 15 is 0 Å². The van der Waals surface area contributed by atoms with Gasteiger partial charge in [-0.3, -0.25) is 4.79 Å². The van der Waals surface area contributed by atoms with Gasteiger partial charge in [0.1, 0.15) is 5.75 Å². The Morgan fingerprint density at radius 3 is 2.58 bits per heavy atom. The second-order valence-corrected chi connectivity index (χ2v) is 8.53. The van der Waals surface area contributed by atoms with E-state index in [1.54, 1.807) is 0 Å². The van der Waals surface area contributed by atoms with Crippen LogP contribution in [0.3, 0.4) is 0 Å². The first kappa shape index (κ1) is 17.5. The molecular formula is C16H21ClN2O4S. The minimum absolute atomic E-state index is 0.131. The SMILES string of the molecule is O=C(COc1ccc(S(=O)(=O)N2CCCCC2)cc1Cl)NC1CC1. The molecule has 0 spiro atoms. The second kappa shape index (κ2) is 7.29. The summed E-state index contributed by atoms with van der Waals surface area (Å²) < 4.78 is 32.1. The van der Waals surface area contributed by atoms with Crippen LogP contribution in [0.5, 0.6) is 5.75 Å². The van der Waals surface area contributed by atoms with E-state index in [1.165, 1.54) is 22.5 Å². The Morgan fingerprint density at radius 2 is 1.96 bits per heavy atom. The molecular weight excluding hydrogens is 352 g/mol. The van der Waals surface area contributed by atoms with E-state index in [2.05, 4.69) is 5.32 Å². The van der Waals surface area contributed by atoms with Gasteiger partial charge < -0.3 is 10.1 Å². The number of piperidine rings is 1. The van der Waals surface area contributed by atoms with E-state index in [4.69, 9.17) is 16.3 Å². The van der Waals surface area contributed by atoms with Crippen LogP contribution >= 0.6 is 11.6 Å². The van der Waals surface area contributed by atoms with Gasteiger partial charge in [-0.05, 0) is 43.9 Å². The molecule has 1 heterocycles. The minimum atomic E-state index is -3.53. The fourth-order valence-electron chi connectivity index (χ4n) is 2.65. The van der Waals surface area contributed by atoms with E-state index in [0.717, 1.165) is 32.1 Å². The zero-order chi connectivity index (χ0) is 17.2. The Morgan fingerprint density at radius 1 is 1.25 bits per heavy atom. The molecule has 1 N–H and O–H groups in total. The highest BCUT2D eigenvalue weighted by Gasteiger charge is 2.27. The van der Waals surface area contributed by atoms with Crippen molar-refractivity contribution >= 4 is 27.5 Å². The summed E-state index contributed by atoms with van der Waals surface area (Å²) >= 11 is 6.14. The lowest BCUT2D eigenvalue weighted by atomic mass is 10.2. The molecule has 1 aromatic rings. The zero-order valence-corrected chi connectivity index (χ0v) is 14.9. The van der Waals surface area contributed by atoms with Crippen molar-refractivity contribution in [3.63, 3.8) is 0 Å². The number of benzene rings is 1. The van der Waals surface area contributed by atoms with Crippen LogP contribution in [0.2, 0.25) is 5.02 Å². The largest absolute Gasteiger partial charge is 0.482 e. The van der Waals surface area contributed by atoms with Gasteiger partial charge in [0.15, 0.2) is 6.61 Å². The predicted molar refractivity (Wildman–Crippen MR) is 90.7 cm³/mol. The van der Waals surface area contributed by atoms with Crippen molar-refractivity contribution in [1.82, 2.24) is 9.62 Å². The van der Waals surface area contributed by atoms with Gasteiger partial charge in [-0.2, -0.15) is 4.31 Å². The number of nitrogens with zero attached hydrogens (tertiary/aromatic N) is 1. The number of carbonyl (C=O) groups excluding carboxylic acids is 1. The van der Waals surface area contributed by atoms with Gasteiger partial charge in [-0.1, -0.05) is 18.0 Å². The lowest BCUT2D eigenvalue weighted by Crippen LogP contribution is -2.35. The monoisotopic (exact) mass is 372 g/mol. The summed E-state index contributed by atoms with van der Waals surface area (Å²) in [5.74, 6) is 0.110. The van der Waals surface area contributed by atoms with Gasteiger partial charge in [0.25, 0.3) is 5.91 Å². The molecule has 1 aromatic carbocycles. The molecule has 1 amide bonds. The van der Waals surface area contributed by atoms with Crippen LogP contribution in [0.25, 0.3) is 0 Å². The second-order valence-electron chi connectivity index (χ2n) is 6.19. The van der Waals surface area contributed by atoms with Gasteiger partial charge >= 0.3 is 0 Å². The van der Waals surface area contributed by atoms with Crippen LogP contribution in [-0.4, -0.2) is 44.4 Å². The smallest absolute Gasteiger partial charge is 0.258 e. The molecule has 3 rings (SSSR count). The molecule has 2 fully saturated rings. The molecule has 0 unspecified atom stereocenters. The molecule has 0 bridgehead atoms. The molecule has 0 atom stereocenters. The van der Waals surface area contributed by atoms with Crippen LogP contribution < -0.4 is 10.1 Å². The van der Waals surface area contributed by atoms with Crippen LogP contribution in [0.1, 0.15) is 32.1 Å². The third-order valence-corrected chi connectivity index (χ3v) is 6.35. The molecule has 1 saturated carbocycles. The Hall–Kier alpha value is -1.31. The van der Waals surface area contributed by atoms with Crippen molar-refractivity contribution in [2.75, 3.05) is 19.7 Å². The van der Waals surface area contributed by atoms with Crippen LogP contribution in [0, 0.1) is 0 Å². The number of rotatable bonds is 6. The van der Waals surface area contributed by atoms with Crippen LogP contribution in [0.4, 0.5) is 0 Å². The number of hydrogen-bond donors (Lipinski definition) is 1. The summed E-state index contributed by atoms with van der Waals surface area (Å²) in [6.07, 6.45) is 4.84. The summed E-state index contributed by atoms with van der Waals surface area (Å²) in [6, 6.07) is 4.64. The van der Waals surface area contributed by atoms with Gasteiger partial charge in [-0.15, -0.1) is 0 Å². The molecule has 8 heteroatoms. The first-order chi connectivity index (χ1) is 11.5. The Kier molecular flexibility index (Phi) is 5.32. The van der Waals surface area contributed by atoms with Crippen molar-refractivity contribution in [3.05, 3.63) is 23.2 Å². The quantitative estimate of drug-likeness (QED) is 0.830. The summed E-state index contributed by atoms with van der Waals surface area (Å²) in [4.78, 5) is 11.8. The molecule has 6 nitrogen and oxygen atoms in total. The molecule has 2 aliphatic rings. The highest BCUT2D eigenvalue weighted by Crippen LogP contribution is 2.29. The average molecular weight is 373 g/mol. The average Bonchev–Trinajstić information content (AvgIpc) is 3.38. The summed E-state index contributed by atoms with van der Waals surface area (Å²) in [6.45, 7) is 0.952. The van der Waals surface area contributed by atoms with Crippen LogP contribution in [0.15, 0.2) is 23.1 Å². The van der Waals surface area contributed by atoms with E-state index in [-0.39, 0.29) is 28.5 Å². The van der Waals surface area contributed by atoms with Crippen molar-refractivity contribution in [1.29, 1.82) is 0 Å². The van der Waals surface area contributed by atoms with E-state index in [1.807, 2.05) is 0 Å². The Bertz CT molecular complexity index is 713. The number of ether oxygens (including phenoxy) is 1. The summed E-state index contributed by atoms with van der Waals surface area (Å²) in [5.41, 5.74) is 0. The van der Waals surface area contributed by atoms with Crippen LogP contribution in [-0.2, 0) is 14.8 Å². The molecule has 0 radical (unpaired) electrons. The standard InChI is InChI=1S/C16H21ClN2O4S/c17-14-10-13(24(21,22)19-8-2-1-3-9-19)6-7-15(14)23-11-16(20)18-12-4-5-12/h6-7,10,12H,1-5,8-9,11H2,(H,18,20). The lowest BCUT2D eigenvalue weighted by Gasteiger charge is -2.26. The fourth-order valence-corrected chi connectivity index (χ4v) is 4.50. The van der Waals surface area contributed by atoms with Crippen molar-refractivity contribution in [2.24, 2.45) is 0 Å². The number of carbonyl (C=O) groups is 1. The van der Waals surface area contributed by atoms with E-state index in [9.17, 15) is 13.2 Å². The van der Waals surface area contributed by atoms with Crippen molar-refractivity contribution in [2.45, 2.75) is 43.0 Å². The van der Waals surface area contributed by atoms with Gasteiger partial charge in [0.2, 0.25) is 10.0 Å². The third kappa shape index (κ3) is 4.20. The van der Waals surface area contributed by atoms with Gasteiger partial charge in [-0.25, -0.2) is 8.42 Å². The lowest BCUT2D eigenvalue weighted by molar-refractivity contribution is -0.123. The van der Waals surface area contributed by atoms with E-state index < -0.39 is 10.0 Å². The Labute approximate surface area is 147 Å². The number of amides is 1. The van der Waals surface area contributed by atoms with Gasteiger partial charge in [0.05, 0.1) is 9.92 Å². The summed E-state index contributed by atoms with van der Waals surface area (Å²) in [5, 5.41) is 3.00. The van der Waals surface area contributed by atoms with Crippen molar-refractivity contribution < 1.29 is 17.9 Å². The first-order valence-corrected chi connectivity index (χ1v) is 10.0. The zero-order valence-electron chi connectivity index (χ0n) is 13.3. The van der Waals surface area contributed by atoms with Gasteiger partial charge in [0, 0.05) is 19.1 Å². The summed E-state index contributed by atoms with van der Waals surface area (Å²) in [7, 11) is -3.53. The number of halogens is 1. The predicted octanol–water partition coefficient (Wildman–Crippen LogP) is 2.17. The minimum Gasteiger partial charge on any atom is -0.482 e. The maximum Gasteiger partial charge on any atom is 0.258 e. The number of nitrogens with one attached hydrogen (secondary N) is 1. The number of hydrogen-bond acceptors (Lipinski definition) is 4. The molecule has 1 aliphatic heterocycles. The van der Waals surface area contributed by atoms with Crippen molar-refractivity contribution in [3.8, 4) is 5.75 Å². The molecule has 132 valence electrons. The highest BCUT2D eigenvalue weighted by molar-refractivity contribution is 7.89. The fraction of sp³-hybridized carbons (Fsp3) is 0.562. The molecule has 24 heavy (non-hydrogen) atoms. The molecule has 0 aromatic heterocycles. The Balaban J connectivity index is 1.65. The highest BCUT2D eigenvalue weighted by atomic mass is 35.5. The number of sulfonamides is 1. The first-order valence-electron chi connectivity index (χ1n) is 8.19. The molecule has 1 aliphatic carbocycles. The maximum absolute atomic E-state index is 12.6. The normalized spacial score (nSPS) is 19.0. The third-order valence-electron chi connectivity index (χ3n) is 4.16. The molecule has 1 saturated heterocycles. The maximum atomic E-state index is 12.6. The van der Waals surface area contributed by atoms with E-state index in [0.29, 0.717) is 18.8 Å². The topological polar surface area (TPSA) is 75.7 Å².